The fraction of sp³-hybridized carbons (Fsp3) is 0.407. The van der Waals surface area contributed by atoms with Crippen LogP contribution in [-0.4, -0.2) is 84.2 Å². The van der Waals surface area contributed by atoms with Gasteiger partial charge in [0.2, 0.25) is 11.9 Å². The molecule has 0 saturated carbocycles. The van der Waals surface area contributed by atoms with Crippen molar-refractivity contribution in [1.29, 1.82) is 0 Å². The molecule has 0 bridgehead atoms. The maximum absolute atomic E-state index is 11.8. The molecule has 2 aliphatic rings. The standard InChI is InChI=1S/C27H30Cl2N6O5/c1-5-20(36)31-16-11-40-12-17(16)33-26-30-10-14-8-15(21-22(28)18(38-3)9-19(39-4)23(21)29)32-25(24(14)34-26)35-7-6-27(2,37)13-35/h5,8-10,16-17,37H,1,6-7,11-13H2,2-4H3,(H,31,36)(H,30,33,34)/t16-,17+,27-/m0/s1. The van der Waals surface area contributed by atoms with Gasteiger partial charge in [0.15, 0.2) is 5.82 Å². The van der Waals surface area contributed by atoms with E-state index >= 15 is 0 Å². The highest BCUT2D eigenvalue weighted by Gasteiger charge is 2.34. The van der Waals surface area contributed by atoms with Gasteiger partial charge in [-0.1, -0.05) is 29.8 Å². The number of halogens is 2. The lowest BCUT2D eigenvalue weighted by molar-refractivity contribution is -0.117. The van der Waals surface area contributed by atoms with Crippen LogP contribution >= 0.6 is 23.2 Å². The molecule has 2 saturated heterocycles. The Kier molecular flexibility index (Phi) is 7.92. The number of β-amino-alcohol motifs (C(OH)–C–C–N with tert-alkyl or cyclic N) is 1. The molecule has 0 unspecified atom stereocenters. The smallest absolute Gasteiger partial charge is 0.243 e. The van der Waals surface area contributed by atoms with Gasteiger partial charge in [-0.3, -0.25) is 4.79 Å². The van der Waals surface area contributed by atoms with Crippen molar-refractivity contribution >= 4 is 51.8 Å². The molecule has 3 atom stereocenters. The van der Waals surface area contributed by atoms with Crippen LogP contribution < -0.4 is 25.0 Å². The van der Waals surface area contributed by atoms with E-state index in [1.807, 2.05) is 4.90 Å². The third kappa shape index (κ3) is 5.46. The summed E-state index contributed by atoms with van der Waals surface area (Å²) in [5.74, 6) is 1.38. The largest absolute Gasteiger partial charge is 0.495 e. The highest BCUT2D eigenvalue weighted by molar-refractivity contribution is 6.41. The van der Waals surface area contributed by atoms with Crippen molar-refractivity contribution in [3.05, 3.63) is 41.0 Å². The number of pyridine rings is 1. The molecule has 3 aromatic rings. The molecule has 5 rings (SSSR count). The predicted octanol–water partition coefficient (Wildman–Crippen LogP) is 3.46. The predicted molar refractivity (Wildman–Crippen MR) is 154 cm³/mol. The zero-order chi connectivity index (χ0) is 28.6. The van der Waals surface area contributed by atoms with Gasteiger partial charge in [0, 0.05) is 36.3 Å². The Morgan fingerprint density at radius 3 is 2.52 bits per heavy atom. The number of carbonyl (C=O) groups is 1. The van der Waals surface area contributed by atoms with Gasteiger partial charge in [0.1, 0.15) is 17.0 Å². The van der Waals surface area contributed by atoms with Gasteiger partial charge < -0.3 is 34.9 Å². The third-order valence-electron chi connectivity index (χ3n) is 7.04. The fourth-order valence-electron chi connectivity index (χ4n) is 4.92. The van der Waals surface area contributed by atoms with Crippen LogP contribution in [0, 0.1) is 0 Å². The van der Waals surface area contributed by atoms with E-state index in [0.717, 1.165) is 0 Å². The number of carbonyl (C=O) groups excluding carboxylic acids is 1. The zero-order valence-corrected chi connectivity index (χ0v) is 23.8. The van der Waals surface area contributed by atoms with Gasteiger partial charge in [0.25, 0.3) is 0 Å². The molecular weight excluding hydrogens is 559 g/mol. The van der Waals surface area contributed by atoms with Crippen LogP contribution in [0.2, 0.25) is 10.0 Å². The van der Waals surface area contributed by atoms with E-state index in [-0.39, 0.29) is 28.0 Å². The van der Waals surface area contributed by atoms with Crippen molar-refractivity contribution in [2.45, 2.75) is 31.0 Å². The van der Waals surface area contributed by atoms with Crippen LogP contribution in [0.3, 0.4) is 0 Å². The average Bonchev–Trinajstić information content (AvgIpc) is 3.53. The SMILES string of the molecule is C=CC(=O)N[C@H]1COC[C@H]1Nc1ncc2cc(-c3c(Cl)c(OC)cc(OC)c3Cl)nc(N3CC[C@](C)(O)C3)c2n1. The number of benzene rings is 1. The Balaban J connectivity index is 1.60. The fourth-order valence-corrected chi connectivity index (χ4v) is 5.62. The van der Waals surface area contributed by atoms with E-state index in [9.17, 15) is 9.90 Å². The van der Waals surface area contributed by atoms with Crippen molar-refractivity contribution in [3.63, 3.8) is 0 Å². The quantitative estimate of drug-likeness (QED) is 0.336. The minimum Gasteiger partial charge on any atom is -0.495 e. The molecule has 4 heterocycles. The minimum atomic E-state index is -0.885. The molecule has 1 amide bonds. The summed E-state index contributed by atoms with van der Waals surface area (Å²) in [6.07, 6.45) is 3.47. The Morgan fingerprint density at radius 2 is 1.90 bits per heavy atom. The summed E-state index contributed by atoms with van der Waals surface area (Å²) in [4.78, 5) is 28.1. The number of ether oxygens (including phenoxy) is 3. The monoisotopic (exact) mass is 588 g/mol. The second-order valence-electron chi connectivity index (χ2n) is 10.0. The van der Waals surface area contributed by atoms with Gasteiger partial charge in [-0.15, -0.1) is 0 Å². The number of hydrogen-bond acceptors (Lipinski definition) is 10. The van der Waals surface area contributed by atoms with Crippen LogP contribution in [0.15, 0.2) is 31.0 Å². The number of fused-ring (bicyclic) bond motifs is 1. The molecule has 11 nitrogen and oxygen atoms in total. The van der Waals surface area contributed by atoms with E-state index < -0.39 is 5.60 Å². The highest BCUT2D eigenvalue weighted by Crippen LogP contribution is 2.46. The van der Waals surface area contributed by atoms with Gasteiger partial charge >= 0.3 is 0 Å². The molecule has 1 aromatic carbocycles. The molecule has 212 valence electrons. The third-order valence-corrected chi connectivity index (χ3v) is 7.79. The van der Waals surface area contributed by atoms with E-state index in [2.05, 4.69) is 22.2 Å². The average molecular weight is 589 g/mol. The maximum Gasteiger partial charge on any atom is 0.243 e. The van der Waals surface area contributed by atoms with Gasteiger partial charge in [-0.05, 0) is 25.5 Å². The summed E-state index contributed by atoms with van der Waals surface area (Å²) in [5, 5.41) is 18.1. The highest BCUT2D eigenvalue weighted by atomic mass is 35.5. The molecular formula is C27H30Cl2N6O5. The number of rotatable bonds is 8. The normalized spacial score (nSPS) is 22.4. The number of nitrogens with one attached hydrogen (secondary N) is 2. The van der Waals surface area contributed by atoms with Crippen LogP contribution in [0.4, 0.5) is 11.8 Å². The number of methoxy groups -OCH3 is 2. The molecule has 2 aliphatic heterocycles. The summed E-state index contributed by atoms with van der Waals surface area (Å²) < 4.78 is 16.5. The Hall–Kier alpha value is -3.38. The summed E-state index contributed by atoms with van der Waals surface area (Å²) >= 11 is 13.4. The minimum absolute atomic E-state index is 0.244. The number of nitrogens with zero attached hydrogens (tertiary/aromatic N) is 4. The molecule has 0 aliphatic carbocycles. The number of aliphatic hydroxyl groups is 1. The number of aromatic nitrogens is 3. The first-order valence-corrected chi connectivity index (χ1v) is 13.4. The first-order valence-electron chi connectivity index (χ1n) is 12.7. The van der Waals surface area contributed by atoms with Crippen LogP contribution in [0.1, 0.15) is 13.3 Å². The van der Waals surface area contributed by atoms with Crippen molar-refractivity contribution in [2.75, 3.05) is 50.7 Å². The summed E-state index contributed by atoms with van der Waals surface area (Å²) in [6, 6.07) is 2.90. The molecule has 0 radical (unpaired) electrons. The van der Waals surface area contributed by atoms with E-state index in [1.165, 1.54) is 20.3 Å². The van der Waals surface area contributed by atoms with Gasteiger partial charge in [-0.25, -0.2) is 15.0 Å². The second kappa shape index (κ2) is 11.2. The van der Waals surface area contributed by atoms with E-state index in [4.69, 9.17) is 47.4 Å². The van der Waals surface area contributed by atoms with E-state index in [1.54, 1.807) is 25.3 Å². The molecule has 40 heavy (non-hydrogen) atoms. The number of anilines is 2. The molecule has 13 heteroatoms. The van der Waals surface area contributed by atoms with Crippen LogP contribution in [0.5, 0.6) is 11.5 Å². The molecule has 3 N–H and O–H groups in total. The first kappa shape index (κ1) is 28.2. The van der Waals surface area contributed by atoms with Crippen molar-refractivity contribution in [3.8, 4) is 22.8 Å². The van der Waals surface area contributed by atoms with Crippen LogP contribution in [0.25, 0.3) is 22.2 Å². The molecule has 2 fully saturated rings. The van der Waals surface area contributed by atoms with Crippen molar-refractivity contribution in [2.24, 2.45) is 0 Å². The Labute approximate surface area is 241 Å². The lowest BCUT2D eigenvalue weighted by Gasteiger charge is -2.23. The van der Waals surface area contributed by atoms with Crippen molar-refractivity contribution in [1.82, 2.24) is 20.3 Å². The number of amides is 1. The lowest BCUT2D eigenvalue weighted by atomic mass is 10.1. The van der Waals surface area contributed by atoms with E-state index in [0.29, 0.717) is 78.1 Å². The van der Waals surface area contributed by atoms with Crippen molar-refractivity contribution < 1.29 is 24.1 Å². The molecule has 2 aromatic heterocycles. The zero-order valence-electron chi connectivity index (χ0n) is 22.3. The van der Waals surface area contributed by atoms with Crippen LogP contribution in [-0.2, 0) is 9.53 Å². The van der Waals surface area contributed by atoms with Gasteiger partial charge in [-0.2, -0.15) is 0 Å². The molecule has 0 spiro atoms. The number of hydrogen-bond donors (Lipinski definition) is 3. The summed E-state index contributed by atoms with van der Waals surface area (Å²) in [5.41, 5.74) is 0.609. The summed E-state index contributed by atoms with van der Waals surface area (Å²) in [7, 11) is 3.02. The maximum atomic E-state index is 11.8. The Bertz CT molecular complexity index is 1440. The lowest BCUT2D eigenvalue weighted by Crippen LogP contribution is -2.45. The first-order chi connectivity index (χ1) is 19.1. The second-order valence-corrected chi connectivity index (χ2v) is 10.8. The topological polar surface area (TPSA) is 131 Å². The summed E-state index contributed by atoms with van der Waals surface area (Å²) in [6.45, 7) is 6.96. The Morgan fingerprint density at radius 1 is 1.20 bits per heavy atom. The van der Waals surface area contributed by atoms with Gasteiger partial charge in [0.05, 0.1) is 60.9 Å².